The van der Waals surface area contributed by atoms with E-state index >= 15 is 0 Å². The quantitative estimate of drug-likeness (QED) is 0.658. The van der Waals surface area contributed by atoms with E-state index in [-0.39, 0.29) is 5.91 Å². The number of aryl methyl sites for hydroxylation is 1. The van der Waals surface area contributed by atoms with Gasteiger partial charge in [-0.05, 0) is 42.8 Å². The van der Waals surface area contributed by atoms with Crippen LogP contribution < -0.4 is 5.32 Å². The van der Waals surface area contributed by atoms with Gasteiger partial charge in [-0.1, -0.05) is 50.8 Å². The van der Waals surface area contributed by atoms with E-state index in [2.05, 4.69) is 27.1 Å². The molecule has 0 aliphatic rings. The number of nitrogens with zero attached hydrogens (tertiary/aromatic N) is 2. The van der Waals surface area contributed by atoms with Crippen molar-refractivity contribution in [3.05, 3.63) is 77.6 Å². The topological polar surface area (TPSA) is 54.9 Å². The van der Waals surface area contributed by atoms with Gasteiger partial charge in [-0.15, -0.1) is 0 Å². The van der Waals surface area contributed by atoms with Gasteiger partial charge in [-0.25, -0.2) is 4.98 Å². The van der Waals surface area contributed by atoms with Gasteiger partial charge < -0.3 is 5.32 Å². The van der Waals surface area contributed by atoms with E-state index in [1.54, 1.807) is 12.4 Å². The Bertz CT molecular complexity index is 1040. The second kappa shape index (κ2) is 8.06. The number of hydrogen-bond acceptors (Lipinski definition) is 3. The van der Waals surface area contributed by atoms with Crippen LogP contribution in [0.15, 0.2) is 60.9 Å². The molecule has 0 aliphatic carbocycles. The van der Waals surface area contributed by atoms with E-state index < -0.39 is 5.41 Å². The van der Waals surface area contributed by atoms with Gasteiger partial charge in [0.15, 0.2) is 0 Å². The van der Waals surface area contributed by atoms with Crippen molar-refractivity contribution < 1.29 is 4.79 Å². The lowest BCUT2D eigenvalue weighted by Gasteiger charge is -2.18. The first-order valence-electron chi connectivity index (χ1n) is 9.14. The Morgan fingerprint density at radius 2 is 1.68 bits per heavy atom. The van der Waals surface area contributed by atoms with Crippen LogP contribution in [0.4, 0.5) is 5.82 Å². The second-order valence-electron chi connectivity index (χ2n) is 7.64. The Balaban J connectivity index is 1.81. The van der Waals surface area contributed by atoms with Crippen molar-refractivity contribution in [2.75, 3.05) is 5.32 Å². The molecule has 1 amide bonds. The van der Waals surface area contributed by atoms with Gasteiger partial charge in [0.1, 0.15) is 5.82 Å². The largest absolute Gasteiger partial charge is 0.310 e. The van der Waals surface area contributed by atoms with Crippen LogP contribution in [0.25, 0.3) is 11.3 Å². The standard InChI is InChI=1S/C24H23N3O/c1-17-7-14-21(26-22(17)27-23(28)24(2,3)4)20-12-10-18(11-13-20)8-9-19-6-5-15-25-16-19/h5-7,10-16H,1-4H3,(H,26,27,28). The molecule has 3 rings (SSSR count). The molecule has 0 aliphatic heterocycles. The van der Waals surface area contributed by atoms with Crippen molar-refractivity contribution in [1.29, 1.82) is 0 Å². The summed E-state index contributed by atoms with van der Waals surface area (Å²) >= 11 is 0. The van der Waals surface area contributed by atoms with E-state index in [1.807, 2.05) is 76.2 Å². The van der Waals surface area contributed by atoms with E-state index in [0.717, 1.165) is 27.9 Å². The van der Waals surface area contributed by atoms with E-state index in [4.69, 9.17) is 0 Å². The highest BCUT2D eigenvalue weighted by molar-refractivity contribution is 5.94. The number of benzene rings is 1. The Labute approximate surface area is 166 Å². The van der Waals surface area contributed by atoms with Gasteiger partial charge in [-0.2, -0.15) is 0 Å². The summed E-state index contributed by atoms with van der Waals surface area (Å²) in [5.74, 6) is 6.77. The summed E-state index contributed by atoms with van der Waals surface area (Å²) in [6.07, 6.45) is 3.47. The Hall–Kier alpha value is -3.45. The smallest absolute Gasteiger partial charge is 0.230 e. The molecule has 3 aromatic rings. The molecule has 2 aromatic heterocycles. The van der Waals surface area contributed by atoms with Crippen LogP contribution in [0.3, 0.4) is 0 Å². The van der Waals surface area contributed by atoms with E-state index in [1.165, 1.54) is 0 Å². The van der Waals surface area contributed by atoms with Gasteiger partial charge in [0.05, 0.1) is 5.69 Å². The van der Waals surface area contributed by atoms with Gasteiger partial charge in [0.25, 0.3) is 0 Å². The first-order chi connectivity index (χ1) is 13.3. The summed E-state index contributed by atoms with van der Waals surface area (Å²) in [7, 11) is 0. The molecule has 1 aromatic carbocycles. The fourth-order valence-corrected chi connectivity index (χ4v) is 2.42. The second-order valence-corrected chi connectivity index (χ2v) is 7.64. The van der Waals surface area contributed by atoms with Crippen LogP contribution in [0, 0.1) is 24.2 Å². The number of hydrogen-bond donors (Lipinski definition) is 1. The average Bonchev–Trinajstić information content (AvgIpc) is 2.68. The molecule has 140 valence electrons. The monoisotopic (exact) mass is 369 g/mol. The molecule has 0 radical (unpaired) electrons. The molecular weight excluding hydrogens is 346 g/mol. The number of amides is 1. The van der Waals surface area contributed by atoms with E-state index in [9.17, 15) is 4.79 Å². The molecule has 0 spiro atoms. The number of pyridine rings is 2. The SMILES string of the molecule is Cc1ccc(-c2ccc(C#Cc3cccnc3)cc2)nc1NC(=O)C(C)(C)C. The number of rotatable bonds is 2. The van der Waals surface area contributed by atoms with E-state index in [0.29, 0.717) is 5.82 Å². The predicted molar refractivity (Wildman–Crippen MR) is 113 cm³/mol. The van der Waals surface area contributed by atoms with Crippen molar-refractivity contribution in [3.63, 3.8) is 0 Å². The summed E-state index contributed by atoms with van der Waals surface area (Å²) in [5, 5.41) is 2.93. The fraction of sp³-hybridized carbons (Fsp3) is 0.208. The zero-order valence-corrected chi connectivity index (χ0v) is 16.6. The minimum Gasteiger partial charge on any atom is -0.310 e. The lowest BCUT2D eigenvalue weighted by atomic mass is 9.95. The van der Waals surface area contributed by atoms with Crippen molar-refractivity contribution in [2.24, 2.45) is 5.41 Å². The molecule has 0 saturated carbocycles. The molecule has 0 unspecified atom stereocenters. The number of carbonyl (C=O) groups is 1. The maximum absolute atomic E-state index is 12.3. The first kappa shape index (κ1) is 19.3. The predicted octanol–water partition coefficient (Wildman–Crippen LogP) is 4.84. The summed E-state index contributed by atoms with van der Waals surface area (Å²) < 4.78 is 0. The number of carbonyl (C=O) groups excluding carboxylic acids is 1. The Kier molecular flexibility index (Phi) is 5.56. The van der Waals surface area contributed by atoms with Crippen molar-refractivity contribution in [1.82, 2.24) is 9.97 Å². The van der Waals surface area contributed by atoms with Crippen LogP contribution in [0.5, 0.6) is 0 Å². The van der Waals surface area contributed by atoms with Crippen LogP contribution in [0.2, 0.25) is 0 Å². The third kappa shape index (κ3) is 4.83. The van der Waals surface area contributed by atoms with Gasteiger partial charge in [0, 0.05) is 34.5 Å². The summed E-state index contributed by atoms with van der Waals surface area (Å²) in [5.41, 5.74) is 4.03. The molecule has 0 fully saturated rings. The van der Waals surface area contributed by atoms with Crippen LogP contribution in [-0.2, 0) is 4.79 Å². The van der Waals surface area contributed by atoms with Crippen LogP contribution in [-0.4, -0.2) is 15.9 Å². The molecule has 0 saturated heterocycles. The highest BCUT2D eigenvalue weighted by Gasteiger charge is 2.22. The minimum absolute atomic E-state index is 0.0544. The Morgan fingerprint density at radius 3 is 2.32 bits per heavy atom. The lowest BCUT2D eigenvalue weighted by Crippen LogP contribution is -2.28. The third-order valence-corrected chi connectivity index (χ3v) is 4.20. The minimum atomic E-state index is -0.473. The molecule has 28 heavy (non-hydrogen) atoms. The molecule has 0 bridgehead atoms. The third-order valence-electron chi connectivity index (χ3n) is 4.20. The summed E-state index contributed by atoms with van der Waals surface area (Å²) in [6.45, 7) is 7.58. The molecule has 1 N–H and O–H groups in total. The van der Waals surface area contributed by atoms with Crippen LogP contribution >= 0.6 is 0 Å². The molecule has 0 atom stereocenters. The number of aromatic nitrogens is 2. The molecule has 4 nitrogen and oxygen atoms in total. The summed E-state index contributed by atoms with van der Waals surface area (Å²) in [6, 6.07) is 15.6. The van der Waals surface area contributed by atoms with Crippen molar-refractivity contribution in [2.45, 2.75) is 27.7 Å². The number of nitrogens with one attached hydrogen (secondary N) is 1. The molecular formula is C24H23N3O. The summed E-state index contributed by atoms with van der Waals surface area (Å²) in [4.78, 5) is 21.0. The maximum atomic E-state index is 12.3. The maximum Gasteiger partial charge on any atom is 0.230 e. The normalized spacial score (nSPS) is 10.7. The van der Waals surface area contributed by atoms with Crippen LogP contribution in [0.1, 0.15) is 37.5 Å². The lowest BCUT2D eigenvalue weighted by molar-refractivity contribution is -0.123. The molecule has 2 heterocycles. The highest BCUT2D eigenvalue weighted by atomic mass is 16.2. The van der Waals surface area contributed by atoms with Crippen molar-refractivity contribution in [3.8, 4) is 23.1 Å². The fourth-order valence-electron chi connectivity index (χ4n) is 2.42. The zero-order valence-electron chi connectivity index (χ0n) is 16.6. The van der Waals surface area contributed by atoms with Gasteiger partial charge in [0.2, 0.25) is 5.91 Å². The average molecular weight is 369 g/mol. The van der Waals surface area contributed by atoms with Gasteiger partial charge >= 0.3 is 0 Å². The van der Waals surface area contributed by atoms with Gasteiger partial charge in [-0.3, -0.25) is 9.78 Å². The Morgan fingerprint density at radius 1 is 0.964 bits per heavy atom. The zero-order chi connectivity index (χ0) is 20.1. The first-order valence-corrected chi connectivity index (χ1v) is 9.14. The van der Waals surface area contributed by atoms with Crippen molar-refractivity contribution >= 4 is 11.7 Å². The molecule has 4 heteroatoms. The highest BCUT2D eigenvalue weighted by Crippen LogP contribution is 2.24. The number of anilines is 1.